The average Bonchev–Trinajstić information content (AvgIpc) is 2.54. The van der Waals surface area contributed by atoms with Crippen molar-refractivity contribution in [1.82, 2.24) is 0 Å². The lowest BCUT2D eigenvalue weighted by atomic mass is 9.94. The summed E-state index contributed by atoms with van der Waals surface area (Å²) in [5.74, 6) is 1.26. The summed E-state index contributed by atoms with van der Waals surface area (Å²) in [7, 11) is 1.69. The molecule has 2 nitrogen and oxygen atoms in total. The standard InChI is InChI=1S/C20H20BrNO/c1-13(2)19-11-16(14(3)9-20(19)23-4)10-17(12-22)15-5-7-18(21)8-6-15/h5-11,13H,1-4H3/b17-10+. The molecular weight excluding hydrogens is 350 g/mol. The highest BCUT2D eigenvalue weighted by Crippen LogP contribution is 2.31. The molecule has 0 aliphatic rings. The quantitative estimate of drug-likeness (QED) is 0.492. The molecule has 0 aromatic heterocycles. The van der Waals surface area contributed by atoms with Crippen LogP contribution in [0.5, 0.6) is 5.75 Å². The predicted octanol–water partition coefficient (Wildman–Crippen LogP) is 5.95. The SMILES string of the molecule is COc1cc(C)c(/C=C(\C#N)c2ccc(Br)cc2)cc1C(C)C. The van der Waals surface area contributed by atoms with Gasteiger partial charge in [0.1, 0.15) is 5.75 Å². The van der Waals surface area contributed by atoms with Crippen LogP contribution in [0.1, 0.15) is 42.0 Å². The van der Waals surface area contributed by atoms with E-state index in [1.165, 1.54) is 0 Å². The number of hydrogen-bond donors (Lipinski definition) is 0. The molecule has 2 aromatic rings. The topological polar surface area (TPSA) is 33.0 Å². The highest BCUT2D eigenvalue weighted by molar-refractivity contribution is 9.10. The lowest BCUT2D eigenvalue weighted by molar-refractivity contribution is 0.407. The molecule has 0 bridgehead atoms. The Kier molecular flexibility index (Phi) is 5.63. The van der Waals surface area contributed by atoms with Gasteiger partial charge in [-0.1, -0.05) is 41.9 Å². The molecule has 2 aromatic carbocycles. The summed E-state index contributed by atoms with van der Waals surface area (Å²) in [6, 6.07) is 14.2. The summed E-state index contributed by atoms with van der Waals surface area (Å²) in [6.45, 7) is 6.32. The second-order valence-corrected chi connectivity index (χ2v) is 6.70. The highest BCUT2D eigenvalue weighted by Gasteiger charge is 2.11. The summed E-state index contributed by atoms with van der Waals surface area (Å²) in [5, 5.41) is 9.53. The molecule has 0 aliphatic carbocycles. The van der Waals surface area contributed by atoms with E-state index in [9.17, 15) is 5.26 Å². The maximum Gasteiger partial charge on any atom is 0.122 e. The second-order valence-electron chi connectivity index (χ2n) is 5.78. The smallest absolute Gasteiger partial charge is 0.122 e. The van der Waals surface area contributed by atoms with Crippen molar-refractivity contribution in [3.63, 3.8) is 0 Å². The van der Waals surface area contributed by atoms with Gasteiger partial charge < -0.3 is 4.74 Å². The first-order chi connectivity index (χ1) is 11.0. The first-order valence-corrected chi connectivity index (χ1v) is 8.31. The van der Waals surface area contributed by atoms with Gasteiger partial charge in [0, 0.05) is 4.47 Å². The lowest BCUT2D eigenvalue weighted by Gasteiger charge is -2.15. The molecule has 0 spiro atoms. The largest absolute Gasteiger partial charge is 0.496 e. The fraction of sp³-hybridized carbons (Fsp3) is 0.250. The van der Waals surface area contributed by atoms with Crippen LogP contribution in [0.3, 0.4) is 0 Å². The van der Waals surface area contributed by atoms with E-state index in [2.05, 4.69) is 41.9 Å². The number of ether oxygens (including phenoxy) is 1. The zero-order valence-electron chi connectivity index (χ0n) is 13.9. The van der Waals surface area contributed by atoms with Crippen molar-refractivity contribution >= 4 is 27.6 Å². The maximum absolute atomic E-state index is 9.53. The number of nitriles is 1. The van der Waals surface area contributed by atoms with E-state index in [-0.39, 0.29) is 0 Å². The Bertz CT molecular complexity index is 767. The molecule has 0 heterocycles. The first-order valence-electron chi connectivity index (χ1n) is 7.52. The number of benzene rings is 2. The molecule has 0 N–H and O–H groups in total. The summed E-state index contributed by atoms with van der Waals surface area (Å²) >= 11 is 3.42. The van der Waals surface area contributed by atoms with Crippen molar-refractivity contribution in [3.8, 4) is 11.8 Å². The van der Waals surface area contributed by atoms with Gasteiger partial charge in [-0.3, -0.25) is 0 Å². The molecular formula is C20H20BrNO. The minimum Gasteiger partial charge on any atom is -0.496 e. The van der Waals surface area contributed by atoms with Crippen LogP contribution in [0.15, 0.2) is 40.9 Å². The van der Waals surface area contributed by atoms with E-state index in [0.29, 0.717) is 11.5 Å². The van der Waals surface area contributed by atoms with Gasteiger partial charge in [0.25, 0.3) is 0 Å². The van der Waals surface area contributed by atoms with Crippen molar-refractivity contribution in [1.29, 1.82) is 5.26 Å². The minimum absolute atomic E-state index is 0.357. The molecule has 0 amide bonds. The van der Waals surface area contributed by atoms with Crippen LogP contribution in [0.25, 0.3) is 11.6 Å². The fourth-order valence-electron chi connectivity index (χ4n) is 2.46. The van der Waals surface area contributed by atoms with Gasteiger partial charge in [0.15, 0.2) is 0 Å². The predicted molar refractivity (Wildman–Crippen MR) is 99.4 cm³/mol. The molecule has 0 aliphatic heterocycles. The highest BCUT2D eigenvalue weighted by atomic mass is 79.9. The third-order valence-electron chi connectivity index (χ3n) is 3.82. The van der Waals surface area contributed by atoms with E-state index in [1.807, 2.05) is 43.3 Å². The summed E-state index contributed by atoms with van der Waals surface area (Å²) in [5.41, 5.74) is 4.86. The van der Waals surface area contributed by atoms with E-state index in [0.717, 1.165) is 32.5 Å². The molecule has 3 heteroatoms. The number of nitrogens with zero attached hydrogens (tertiary/aromatic N) is 1. The molecule has 0 saturated carbocycles. The second kappa shape index (κ2) is 7.48. The van der Waals surface area contributed by atoms with Gasteiger partial charge in [0.05, 0.1) is 18.8 Å². The summed E-state index contributed by atoms with van der Waals surface area (Å²) in [4.78, 5) is 0. The Labute approximate surface area is 146 Å². The third-order valence-corrected chi connectivity index (χ3v) is 4.34. The van der Waals surface area contributed by atoms with Gasteiger partial charge in [-0.15, -0.1) is 0 Å². The molecule has 2 rings (SSSR count). The number of rotatable bonds is 4. The van der Waals surface area contributed by atoms with Crippen LogP contribution >= 0.6 is 15.9 Å². The van der Waals surface area contributed by atoms with Crippen LogP contribution in [0, 0.1) is 18.3 Å². The molecule has 118 valence electrons. The molecule has 0 atom stereocenters. The van der Waals surface area contributed by atoms with Crippen LogP contribution in [-0.2, 0) is 0 Å². The van der Waals surface area contributed by atoms with Crippen LogP contribution < -0.4 is 4.74 Å². The number of aryl methyl sites for hydroxylation is 1. The van der Waals surface area contributed by atoms with E-state index in [4.69, 9.17) is 4.74 Å². The lowest BCUT2D eigenvalue weighted by Crippen LogP contribution is -1.97. The summed E-state index contributed by atoms with van der Waals surface area (Å²) < 4.78 is 6.48. The van der Waals surface area contributed by atoms with Crippen molar-refractivity contribution in [3.05, 3.63) is 63.1 Å². The third kappa shape index (κ3) is 4.03. The Hall–Kier alpha value is -2.05. The maximum atomic E-state index is 9.53. The van der Waals surface area contributed by atoms with Crippen molar-refractivity contribution in [2.24, 2.45) is 0 Å². The molecule has 0 saturated heterocycles. The van der Waals surface area contributed by atoms with Crippen molar-refractivity contribution < 1.29 is 4.74 Å². The fourth-order valence-corrected chi connectivity index (χ4v) is 2.73. The Balaban J connectivity index is 2.54. The minimum atomic E-state index is 0.357. The Morgan fingerprint density at radius 2 is 1.87 bits per heavy atom. The average molecular weight is 370 g/mol. The summed E-state index contributed by atoms with van der Waals surface area (Å²) in [6.07, 6.45) is 1.95. The molecule has 0 radical (unpaired) electrons. The molecule has 0 fully saturated rings. The van der Waals surface area contributed by atoms with Gasteiger partial charge in [-0.05, 0) is 65.4 Å². The molecule has 0 unspecified atom stereocenters. The van der Waals surface area contributed by atoms with Crippen molar-refractivity contribution in [2.45, 2.75) is 26.7 Å². The van der Waals surface area contributed by atoms with Crippen LogP contribution in [0.2, 0.25) is 0 Å². The number of methoxy groups -OCH3 is 1. The number of halogens is 1. The van der Waals surface area contributed by atoms with Gasteiger partial charge in [-0.25, -0.2) is 0 Å². The van der Waals surface area contributed by atoms with Crippen molar-refractivity contribution in [2.75, 3.05) is 7.11 Å². The van der Waals surface area contributed by atoms with E-state index in [1.54, 1.807) is 7.11 Å². The zero-order chi connectivity index (χ0) is 17.0. The number of hydrogen-bond acceptors (Lipinski definition) is 2. The zero-order valence-corrected chi connectivity index (χ0v) is 15.4. The Morgan fingerprint density at radius 1 is 1.22 bits per heavy atom. The van der Waals surface area contributed by atoms with Crippen LogP contribution in [-0.4, -0.2) is 7.11 Å². The van der Waals surface area contributed by atoms with E-state index >= 15 is 0 Å². The normalized spacial score (nSPS) is 11.4. The van der Waals surface area contributed by atoms with Crippen LogP contribution in [0.4, 0.5) is 0 Å². The molecule has 23 heavy (non-hydrogen) atoms. The van der Waals surface area contributed by atoms with Gasteiger partial charge >= 0.3 is 0 Å². The number of allylic oxidation sites excluding steroid dienone is 1. The van der Waals surface area contributed by atoms with Gasteiger partial charge in [-0.2, -0.15) is 5.26 Å². The Morgan fingerprint density at radius 3 is 2.39 bits per heavy atom. The van der Waals surface area contributed by atoms with Gasteiger partial charge in [0.2, 0.25) is 0 Å². The van der Waals surface area contributed by atoms with E-state index < -0.39 is 0 Å². The first kappa shape index (κ1) is 17.3. The monoisotopic (exact) mass is 369 g/mol.